The van der Waals surface area contributed by atoms with Crippen LogP contribution in [0.3, 0.4) is 0 Å². The van der Waals surface area contributed by atoms with Crippen molar-refractivity contribution in [3.63, 3.8) is 0 Å². The summed E-state index contributed by atoms with van der Waals surface area (Å²) >= 11 is 0. The number of likely N-dealkylation sites (N-methyl/N-ethyl adjacent to an activating group) is 2. The van der Waals surface area contributed by atoms with Crippen molar-refractivity contribution in [1.29, 1.82) is 0 Å². The summed E-state index contributed by atoms with van der Waals surface area (Å²) in [5.74, 6) is -1.85. The van der Waals surface area contributed by atoms with Gasteiger partial charge < -0.3 is 29.2 Å². The van der Waals surface area contributed by atoms with E-state index in [9.17, 15) is 39.0 Å². The molecular weight excluding hydrogens is 1090 g/mol. The molecule has 86 heavy (non-hydrogen) atoms. The molecule has 2 N–H and O–H groups in total. The van der Waals surface area contributed by atoms with Crippen molar-refractivity contribution in [3.05, 3.63) is 24.3 Å². The predicted octanol–water partition coefficient (Wildman–Crippen LogP) is 16.0. The zero-order valence-electron chi connectivity index (χ0n) is 56.2. The Labute approximate surface area is 524 Å². The van der Waals surface area contributed by atoms with Crippen molar-refractivity contribution in [2.75, 3.05) is 54.5 Å². The Hall–Kier alpha value is -3.86. The van der Waals surface area contributed by atoms with E-state index in [1.54, 1.807) is 28.2 Å². The van der Waals surface area contributed by atoms with Gasteiger partial charge in [-0.25, -0.2) is 19.2 Å². The molecule has 0 rings (SSSR count). The topological polar surface area (TPSA) is 198 Å². The molecule has 0 aliphatic carbocycles. The number of rotatable bonds is 61. The molecule has 0 aromatic rings. The largest absolute Gasteiger partial charge is 0.466 e. The highest BCUT2D eigenvalue weighted by Crippen LogP contribution is 2.20. The number of carbonyl (C=O) groups is 6. The first kappa shape index (κ1) is 82.1. The zero-order chi connectivity index (χ0) is 63.8. The van der Waals surface area contributed by atoms with Gasteiger partial charge in [0.2, 0.25) is 13.1 Å². The molecule has 0 radical (unpaired) electrons. The molecule has 0 saturated carbocycles. The summed E-state index contributed by atoms with van der Waals surface area (Å²) in [7, 11) is 6.67. The van der Waals surface area contributed by atoms with Gasteiger partial charge in [0, 0.05) is 12.8 Å². The molecule has 0 bridgehead atoms. The maximum atomic E-state index is 12.9. The number of unbranched alkanes of at least 4 members (excludes halogenated alkanes) is 29. The lowest BCUT2D eigenvalue weighted by atomic mass is 10.0. The number of hydrogen-bond acceptors (Lipinski definition) is 14. The van der Waals surface area contributed by atoms with Crippen LogP contribution in [0, 0.1) is 0 Å². The Bertz CT molecular complexity index is 1630. The van der Waals surface area contributed by atoms with Crippen LogP contribution in [0.4, 0.5) is 0 Å². The number of aliphatic hydroxyl groups is 2. The molecule has 0 saturated heterocycles. The van der Waals surface area contributed by atoms with Gasteiger partial charge in [-0.1, -0.05) is 206 Å². The van der Waals surface area contributed by atoms with Crippen LogP contribution in [0.1, 0.15) is 310 Å². The summed E-state index contributed by atoms with van der Waals surface area (Å²) in [6, 6.07) is 0. The van der Waals surface area contributed by atoms with Crippen molar-refractivity contribution >= 4 is 35.8 Å². The van der Waals surface area contributed by atoms with E-state index in [1.807, 2.05) is 12.2 Å². The second-order valence-corrected chi connectivity index (χ2v) is 25.2. The average Bonchev–Trinajstić information content (AvgIpc) is 3.63. The van der Waals surface area contributed by atoms with E-state index in [-0.39, 0.29) is 46.3 Å². The van der Waals surface area contributed by atoms with Gasteiger partial charge in [-0.2, -0.15) is 0 Å². The minimum absolute atomic E-state index is 0.111. The van der Waals surface area contributed by atoms with Crippen molar-refractivity contribution in [1.82, 2.24) is 0 Å². The van der Waals surface area contributed by atoms with Gasteiger partial charge in [0.25, 0.3) is 0 Å². The van der Waals surface area contributed by atoms with Crippen LogP contribution in [0.2, 0.25) is 0 Å². The minimum atomic E-state index is -0.809. The number of aliphatic hydroxyl groups excluding tert-OH is 2. The van der Waals surface area contributed by atoms with E-state index in [4.69, 9.17) is 28.6 Å². The molecular formula is C70H130N2O14+2. The Morgan fingerprint density at radius 2 is 0.616 bits per heavy atom. The summed E-state index contributed by atoms with van der Waals surface area (Å²) in [5.41, 5.74) is 0. The highest BCUT2D eigenvalue weighted by molar-refractivity contribution is 5.72. The average molecular weight is 1220 g/mol. The molecule has 0 fully saturated rings. The summed E-state index contributed by atoms with van der Waals surface area (Å²) < 4.78 is 22.0. The van der Waals surface area contributed by atoms with Gasteiger partial charge in [-0.3, -0.25) is 19.3 Å². The van der Waals surface area contributed by atoms with E-state index in [1.165, 1.54) is 0 Å². The number of ether oxygens (including phenoxy) is 4. The van der Waals surface area contributed by atoms with Gasteiger partial charge >= 0.3 is 35.8 Å². The summed E-state index contributed by atoms with van der Waals surface area (Å²) in [6.45, 7) is 9.25. The van der Waals surface area contributed by atoms with Gasteiger partial charge in [-0.05, 0) is 103 Å². The highest BCUT2D eigenvalue weighted by atomic mass is 16.7. The monoisotopic (exact) mass is 1220 g/mol. The van der Waals surface area contributed by atoms with Crippen LogP contribution < -0.4 is 0 Å². The Balaban J connectivity index is 3.99. The maximum absolute atomic E-state index is 12.9. The van der Waals surface area contributed by atoms with Crippen LogP contribution in [0.25, 0.3) is 0 Å². The molecule has 0 amide bonds. The SMILES string of the molecule is CCCCCCCC(=O)O[N+](C)(C)CC(=O)OC(CCCCC)C(O)C/C=C\CCCCCCCC(=O)OCCCCCCCCCCOC(=O)CCCCCCC/C=C\CC(O)C(CCCCC)OC(=O)C[N+](C)(C)OC(=O)CCCCCCC. The van der Waals surface area contributed by atoms with E-state index in [2.05, 4.69) is 39.8 Å². The third-order valence-electron chi connectivity index (χ3n) is 15.5. The smallest absolute Gasteiger partial charge is 0.366 e. The first-order valence-corrected chi connectivity index (χ1v) is 34.9. The zero-order valence-corrected chi connectivity index (χ0v) is 56.2. The number of quaternary nitrogens is 2. The minimum Gasteiger partial charge on any atom is -0.466 e. The summed E-state index contributed by atoms with van der Waals surface area (Å²) in [4.78, 5) is 86.2. The molecule has 0 aromatic carbocycles. The molecule has 4 unspecified atom stereocenters. The molecule has 4 atom stereocenters. The molecule has 0 aromatic heterocycles. The number of hydroxylamine groups is 6. The number of allylic oxidation sites excluding steroid dienone is 2. The molecule has 16 heteroatoms. The third-order valence-corrected chi connectivity index (χ3v) is 15.5. The Morgan fingerprint density at radius 1 is 0.337 bits per heavy atom. The lowest BCUT2D eigenvalue weighted by molar-refractivity contribution is -1.05. The molecule has 16 nitrogen and oxygen atoms in total. The van der Waals surface area contributed by atoms with Gasteiger partial charge in [0.05, 0.1) is 38.3 Å². The highest BCUT2D eigenvalue weighted by Gasteiger charge is 2.32. The normalized spacial score (nSPS) is 13.4. The van der Waals surface area contributed by atoms with Crippen LogP contribution in [-0.4, -0.2) is 134 Å². The van der Waals surface area contributed by atoms with Crippen LogP contribution in [0.5, 0.6) is 0 Å². The van der Waals surface area contributed by atoms with Crippen molar-refractivity contribution in [3.8, 4) is 0 Å². The lowest BCUT2D eigenvalue weighted by Gasteiger charge is -2.27. The maximum Gasteiger partial charge on any atom is 0.366 e. The van der Waals surface area contributed by atoms with Crippen molar-refractivity contribution < 1.29 is 76.9 Å². The van der Waals surface area contributed by atoms with Crippen LogP contribution in [0.15, 0.2) is 24.3 Å². The predicted molar refractivity (Wildman–Crippen MR) is 344 cm³/mol. The first-order chi connectivity index (χ1) is 41.4. The molecule has 0 spiro atoms. The summed E-state index contributed by atoms with van der Waals surface area (Å²) in [5, 5.41) is 22.0. The summed E-state index contributed by atoms with van der Waals surface area (Å²) in [6.07, 6.45) is 45.1. The fourth-order valence-electron chi connectivity index (χ4n) is 10.3. The number of hydrogen-bond donors (Lipinski definition) is 2. The molecule has 0 aliphatic heterocycles. The van der Waals surface area contributed by atoms with E-state index in [0.717, 1.165) is 231 Å². The van der Waals surface area contributed by atoms with E-state index >= 15 is 0 Å². The molecule has 502 valence electrons. The third kappa shape index (κ3) is 53.2. The quantitative estimate of drug-likeness (QED) is 0.0146. The molecule has 0 aliphatic rings. The van der Waals surface area contributed by atoms with Crippen molar-refractivity contribution in [2.24, 2.45) is 0 Å². The Morgan fingerprint density at radius 3 is 0.953 bits per heavy atom. The first-order valence-electron chi connectivity index (χ1n) is 34.9. The number of carbonyl (C=O) groups excluding carboxylic acids is 6. The Kier molecular flexibility index (Phi) is 53.8. The van der Waals surface area contributed by atoms with Crippen molar-refractivity contribution in [2.45, 2.75) is 335 Å². The fraction of sp³-hybridized carbons (Fsp3) is 0.857. The van der Waals surface area contributed by atoms with Crippen LogP contribution >= 0.6 is 0 Å². The van der Waals surface area contributed by atoms with Gasteiger partial charge in [-0.15, -0.1) is 9.29 Å². The van der Waals surface area contributed by atoms with Gasteiger partial charge in [0.15, 0.2) is 0 Å². The van der Waals surface area contributed by atoms with E-state index < -0.39 is 36.4 Å². The fourth-order valence-corrected chi connectivity index (χ4v) is 10.3. The van der Waals surface area contributed by atoms with E-state index in [0.29, 0.717) is 64.6 Å². The van der Waals surface area contributed by atoms with Crippen LogP contribution in [-0.2, 0) is 57.4 Å². The number of esters is 4. The standard InChI is InChI=1S/C70H130N2O14/c1-9-13-17-31-45-55-67(77)85-71(5,6)59-69(79)83-63(51-39-15-11-3)61(73)49-41-33-25-19-21-27-35-43-53-65(75)81-57-47-37-29-23-24-30-38-48-58-82-66(76)54-44-36-28-22-20-26-34-42-50-62(74)64(52-40-16-12-4)84-70(80)60-72(7,8)86-68(78)56-46-32-18-14-10-2/h33-34,41-42,61-64,73-74H,9-32,35-40,43-60H2,1-8H3/q+2/b41-33-,42-34-. The number of nitrogens with zero attached hydrogens (tertiary/aromatic N) is 2. The molecule has 0 heterocycles. The van der Waals surface area contributed by atoms with Gasteiger partial charge in [0.1, 0.15) is 40.4 Å². The second-order valence-electron chi connectivity index (χ2n) is 25.2. The second kappa shape index (κ2) is 56.4. The lowest BCUT2D eigenvalue weighted by Crippen LogP contribution is -2.47.